The first-order valence-corrected chi connectivity index (χ1v) is 7.68. The summed E-state index contributed by atoms with van der Waals surface area (Å²) in [6.45, 7) is 3.61. The molecule has 2 aromatic rings. The lowest BCUT2D eigenvalue weighted by Gasteiger charge is -2.30. The first-order valence-electron chi connectivity index (χ1n) is 7.68. The molecule has 1 aliphatic heterocycles. The summed E-state index contributed by atoms with van der Waals surface area (Å²) >= 11 is 0. The lowest BCUT2D eigenvalue weighted by Crippen LogP contribution is -2.29. The molecule has 4 rings (SSSR count). The van der Waals surface area contributed by atoms with Crippen LogP contribution in [0.25, 0.3) is 10.9 Å². The molecular weight excluding hydrogens is 299 g/mol. The number of nitrogens with zero attached hydrogens (tertiary/aromatic N) is 1. The molecule has 2 N–H and O–H groups in total. The summed E-state index contributed by atoms with van der Waals surface area (Å²) in [7, 11) is 0. The second-order valence-electron chi connectivity index (χ2n) is 6.61. The first-order chi connectivity index (χ1) is 10.8. The Hall–Kier alpha value is -2.21. The molecule has 5 nitrogen and oxygen atoms in total. The molecular formula is C17H17FN2O3. The number of ether oxygens (including phenoxy) is 1. The van der Waals surface area contributed by atoms with Crippen molar-refractivity contribution in [2.45, 2.75) is 38.3 Å². The molecule has 2 aliphatic rings. The fourth-order valence-corrected chi connectivity index (χ4v) is 3.32. The zero-order chi connectivity index (χ0) is 16.5. The molecule has 1 fully saturated rings. The Kier molecular flexibility index (Phi) is 2.76. The number of carbonyl (C=O) groups is 1. The molecule has 0 saturated heterocycles. The summed E-state index contributed by atoms with van der Waals surface area (Å²) in [5, 5.41) is 0.171. The lowest BCUT2D eigenvalue weighted by molar-refractivity contribution is 0.101. The highest BCUT2D eigenvalue weighted by molar-refractivity contribution is 5.98. The van der Waals surface area contributed by atoms with Crippen LogP contribution in [0.5, 0.6) is 5.75 Å². The van der Waals surface area contributed by atoms with E-state index < -0.39 is 16.8 Å². The number of hydrogen-bond acceptors (Lipinski definition) is 4. The summed E-state index contributed by atoms with van der Waals surface area (Å²) in [5.74, 6) is -0.514. The van der Waals surface area contributed by atoms with E-state index >= 15 is 0 Å². The Morgan fingerprint density at radius 3 is 2.78 bits per heavy atom. The minimum Gasteiger partial charge on any atom is -0.489 e. The molecule has 6 heteroatoms. The molecule has 0 amide bonds. The van der Waals surface area contributed by atoms with Crippen molar-refractivity contribution in [1.29, 1.82) is 0 Å². The minimum atomic E-state index is -0.714. The number of benzene rings is 1. The Morgan fingerprint density at radius 1 is 1.48 bits per heavy atom. The van der Waals surface area contributed by atoms with Crippen molar-refractivity contribution < 1.29 is 13.9 Å². The van der Waals surface area contributed by atoms with Gasteiger partial charge in [0.1, 0.15) is 12.4 Å². The van der Waals surface area contributed by atoms with Gasteiger partial charge in [-0.3, -0.25) is 9.59 Å². The topological polar surface area (TPSA) is 74.3 Å². The third-order valence-corrected chi connectivity index (χ3v) is 4.83. The van der Waals surface area contributed by atoms with E-state index in [-0.39, 0.29) is 22.8 Å². The van der Waals surface area contributed by atoms with E-state index in [1.807, 2.05) is 11.5 Å². The summed E-state index contributed by atoms with van der Waals surface area (Å²) in [4.78, 5) is 24.3. The highest BCUT2D eigenvalue weighted by Gasteiger charge is 2.46. The molecule has 120 valence electrons. The largest absolute Gasteiger partial charge is 0.489 e. The van der Waals surface area contributed by atoms with E-state index in [9.17, 15) is 14.0 Å². The van der Waals surface area contributed by atoms with Crippen molar-refractivity contribution in [2.24, 2.45) is 5.73 Å². The van der Waals surface area contributed by atoms with Gasteiger partial charge in [-0.25, -0.2) is 4.39 Å². The van der Waals surface area contributed by atoms with Crippen LogP contribution in [0.4, 0.5) is 4.39 Å². The summed E-state index contributed by atoms with van der Waals surface area (Å²) in [6.07, 6.45) is 2.94. The number of pyridine rings is 1. The SMILES string of the molecule is CC(=O)c1cn2c3c(c(C4(N)CC4)c(F)cc3c1=O)OC[C@@H]2C. The van der Waals surface area contributed by atoms with E-state index in [4.69, 9.17) is 10.5 Å². The second kappa shape index (κ2) is 4.41. The molecule has 1 aromatic heterocycles. The van der Waals surface area contributed by atoms with Gasteiger partial charge >= 0.3 is 0 Å². The number of carbonyl (C=O) groups excluding carboxylic acids is 1. The second-order valence-corrected chi connectivity index (χ2v) is 6.61. The molecule has 1 atom stereocenters. The van der Waals surface area contributed by atoms with Gasteiger partial charge in [-0.2, -0.15) is 0 Å². The Morgan fingerprint density at radius 2 is 2.17 bits per heavy atom. The van der Waals surface area contributed by atoms with Crippen LogP contribution in [-0.2, 0) is 5.54 Å². The van der Waals surface area contributed by atoms with Crippen LogP contribution in [-0.4, -0.2) is 17.0 Å². The standard InChI is InChI=1S/C17H17FN2O3/c1-8-7-23-16-13(17(19)3-4-17)12(18)5-10-14(16)20(8)6-11(9(2)21)15(10)22/h5-6,8H,3-4,7,19H2,1-2H3/t8-/m0/s1. The fourth-order valence-electron chi connectivity index (χ4n) is 3.32. The van der Waals surface area contributed by atoms with Crippen LogP contribution in [0.15, 0.2) is 17.1 Å². The monoisotopic (exact) mass is 316 g/mol. The van der Waals surface area contributed by atoms with E-state index in [2.05, 4.69) is 0 Å². The van der Waals surface area contributed by atoms with Gasteiger partial charge in [0.15, 0.2) is 17.0 Å². The Balaban J connectivity index is 2.19. The molecule has 0 radical (unpaired) electrons. The van der Waals surface area contributed by atoms with E-state index in [1.54, 1.807) is 6.20 Å². The van der Waals surface area contributed by atoms with Crippen LogP contribution in [0.2, 0.25) is 0 Å². The highest BCUT2D eigenvalue weighted by Crippen LogP contribution is 2.50. The maximum Gasteiger partial charge on any atom is 0.200 e. The van der Waals surface area contributed by atoms with Gasteiger partial charge in [0, 0.05) is 11.7 Å². The Labute approximate surface area is 131 Å². The van der Waals surface area contributed by atoms with Gasteiger partial charge < -0.3 is 15.0 Å². The Bertz CT molecular complexity index is 928. The number of nitrogens with two attached hydrogens (primary N) is 1. The normalized spacial score (nSPS) is 21.1. The third-order valence-electron chi connectivity index (χ3n) is 4.83. The van der Waals surface area contributed by atoms with Crippen molar-refractivity contribution in [1.82, 2.24) is 4.57 Å². The van der Waals surface area contributed by atoms with Gasteiger partial charge in [-0.1, -0.05) is 0 Å². The average molecular weight is 316 g/mol. The van der Waals surface area contributed by atoms with Crippen molar-refractivity contribution >= 4 is 16.7 Å². The van der Waals surface area contributed by atoms with Crippen molar-refractivity contribution in [2.75, 3.05) is 6.61 Å². The molecule has 1 saturated carbocycles. The molecule has 0 unspecified atom stereocenters. The number of Topliss-reactive ketones (excluding diaryl/α,β-unsaturated/α-hetero) is 1. The number of ketones is 1. The van der Waals surface area contributed by atoms with E-state index in [0.29, 0.717) is 36.3 Å². The lowest BCUT2D eigenvalue weighted by atomic mass is 9.97. The zero-order valence-electron chi connectivity index (χ0n) is 13.0. The molecule has 1 aromatic carbocycles. The number of halogens is 1. The molecule has 1 aliphatic carbocycles. The van der Waals surface area contributed by atoms with Crippen LogP contribution >= 0.6 is 0 Å². The van der Waals surface area contributed by atoms with Crippen LogP contribution in [0, 0.1) is 5.82 Å². The van der Waals surface area contributed by atoms with Gasteiger partial charge in [-0.05, 0) is 32.8 Å². The van der Waals surface area contributed by atoms with Crippen molar-refractivity contribution in [3.8, 4) is 5.75 Å². The predicted molar refractivity (Wildman–Crippen MR) is 83.5 cm³/mol. The van der Waals surface area contributed by atoms with E-state index in [1.165, 1.54) is 13.0 Å². The maximum absolute atomic E-state index is 14.7. The number of rotatable bonds is 2. The minimum absolute atomic E-state index is 0.0602. The van der Waals surface area contributed by atoms with Crippen molar-refractivity contribution in [3.05, 3.63) is 39.4 Å². The average Bonchev–Trinajstić information content (AvgIpc) is 3.22. The van der Waals surface area contributed by atoms with E-state index in [0.717, 1.165) is 0 Å². The molecule has 2 heterocycles. The summed E-state index contributed by atoms with van der Waals surface area (Å²) < 4.78 is 22.3. The summed E-state index contributed by atoms with van der Waals surface area (Å²) in [6, 6.07) is 1.14. The summed E-state index contributed by atoms with van der Waals surface area (Å²) in [5.41, 5.74) is 5.97. The van der Waals surface area contributed by atoms with Crippen molar-refractivity contribution in [3.63, 3.8) is 0 Å². The fraction of sp³-hybridized carbons (Fsp3) is 0.412. The maximum atomic E-state index is 14.7. The predicted octanol–water partition coefficient (Wildman–Crippen LogP) is 2.24. The van der Waals surface area contributed by atoms with Gasteiger partial charge in [0.25, 0.3) is 0 Å². The molecule has 0 spiro atoms. The third kappa shape index (κ3) is 1.88. The van der Waals surface area contributed by atoms with Crippen LogP contribution < -0.4 is 15.9 Å². The van der Waals surface area contributed by atoms with Crippen LogP contribution in [0.3, 0.4) is 0 Å². The van der Waals surface area contributed by atoms with Crippen LogP contribution in [0.1, 0.15) is 48.7 Å². The highest BCUT2D eigenvalue weighted by atomic mass is 19.1. The van der Waals surface area contributed by atoms with Gasteiger partial charge in [0.05, 0.1) is 28.1 Å². The van der Waals surface area contributed by atoms with Gasteiger partial charge in [-0.15, -0.1) is 0 Å². The molecule has 0 bridgehead atoms. The number of hydrogen-bond donors (Lipinski definition) is 1. The van der Waals surface area contributed by atoms with Gasteiger partial charge in [0.2, 0.25) is 0 Å². The number of aromatic nitrogens is 1. The zero-order valence-corrected chi connectivity index (χ0v) is 13.0. The smallest absolute Gasteiger partial charge is 0.200 e. The quantitative estimate of drug-likeness (QED) is 0.862. The molecule has 23 heavy (non-hydrogen) atoms. The first kappa shape index (κ1) is 14.4.